The first-order chi connectivity index (χ1) is 10.7. The topological polar surface area (TPSA) is 26.0 Å². The normalized spacial score (nSPS) is 19.2. The van der Waals surface area contributed by atoms with E-state index >= 15 is 0 Å². The van der Waals surface area contributed by atoms with Crippen molar-refractivity contribution < 1.29 is 4.42 Å². The number of pyridine rings is 1. The predicted molar refractivity (Wildman–Crippen MR) is 96.5 cm³/mol. The summed E-state index contributed by atoms with van der Waals surface area (Å²) in [5.74, 6) is 0. The second kappa shape index (κ2) is 4.51. The van der Waals surface area contributed by atoms with Crippen molar-refractivity contribution in [2.75, 3.05) is 0 Å². The molecule has 0 N–H and O–H groups in total. The van der Waals surface area contributed by atoms with Crippen LogP contribution < -0.4 is 0 Å². The van der Waals surface area contributed by atoms with E-state index in [4.69, 9.17) is 16.0 Å². The molecule has 3 aromatic rings. The van der Waals surface area contributed by atoms with Gasteiger partial charge in [-0.05, 0) is 47.8 Å². The summed E-state index contributed by atoms with van der Waals surface area (Å²) in [6.45, 7) is 11.5. The largest absolute Gasteiger partial charge is 0.452 e. The molecule has 2 heterocycles. The molecule has 1 aliphatic carbocycles. The van der Waals surface area contributed by atoms with Crippen molar-refractivity contribution in [3.63, 3.8) is 0 Å². The van der Waals surface area contributed by atoms with Crippen molar-refractivity contribution in [3.8, 4) is 0 Å². The van der Waals surface area contributed by atoms with Crippen LogP contribution in [-0.4, -0.2) is 4.98 Å². The molecule has 0 saturated carbocycles. The highest BCUT2D eigenvalue weighted by atomic mass is 35.5. The smallest absolute Gasteiger partial charge is 0.172 e. The van der Waals surface area contributed by atoms with Crippen molar-refractivity contribution in [2.45, 2.75) is 58.3 Å². The van der Waals surface area contributed by atoms with Crippen LogP contribution in [0.15, 0.2) is 22.7 Å². The first-order valence-electron chi connectivity index (χ1n) is 8.24. The summed E-state index contributed by atoms with van der Waals surface area (Å²) in [6, 6.07) is 4.37. The van der Waals surface area contributed by atoms with Crippen LogP contribution in [0.4, 0.5) is 0 Å². The molecule has 0 spiro atoms. The summed E-state index contributed by atoms with van der Waals surface area (Å²) >= 11 is 6.29. The van der Waals surface area contributed by atoms with E-state index in [9.17, 15) is 0 Å². The van der Waals surface area contributed by atoms with E-state index in [-0.39, 0.29) is 10.8 Å². The lowest BCUT2D eigenvalue weighted by Crippen LogP contribution is -2.34. The highest BCUT2D eigenvalue weighted by Gasteiger charge is 2.40. The number of hydrogen-bond donors (Lipinski definition) is 0. The molecule has 2 aromatic heterocycles. The first-order valence-corrected chi connectivity index (χ1v) is 8.61. The molecule has 0 bridgehead atoms. The van der Waals surface area contributed by atoms with Crippen LogP contribution in [0.1, 0.15) is 57.2 Å². The van der Waals surface area contributed by atoms with Crippen LogP contribution in [-0.2, 0) is 10.8 Å². The van der Waals surface area contributed by atoms with Crippen LogP contribution in [0, 0.1) is 6.92 Å². The Hall–Kier alpha value is -1.54. The Morgan fingerprint density at radius 2 is 1.78 bits per heavy atom. The first kappa shape index (κ1) is 15.0. The van der Waals surface area contributed by atoms with Crippen LogP contribution in [0.3, 0.4) is 0 Å². The average Bonchev–Trinajstić information content (AvgIpc) is 2.85. The van der Waals surface area contributed by atoms with Gasteiger partial charge in [0.2, 0.25) is 0 Å². The Kier molecular flexibility index (Phi) is 2.94. The minimum Gasteiger partial charge on any atom is -0.452 e. The van der Waals surface area contributed by atoms with Gasteiger partial charge in [-0.3, -0.25) is 0 Å². The van der Waals surface area contributed by atoms with Gasteiger partial charge in [0.25, 0.3) is 0 Å². The number of fused-ring (bicyclic) bond motifs is 5. The van der Waals surface area contributed by atoms with E-state index in [1.165, 1.54) is 28.5 Å². The van der Waals surface area contributed by atoms with Gasteiger partial charge < -0.3 is 4.42 Å². The maximum absolute atomic E-state index is 6.30. The number of benzene rings is 1. The minimum absolute atomic E-state index is 0.102. The van der Waals surface area contributed by atoms with Gasteiger partial charge in [-0.15, -0.1) is 0 Å². The van der Waals surface area contributed by atoms with E-state index < -0.39 is 0 Å². The third kappa shape index (κ3) is 1.97. The summed E-state index contributed by atoms with van der Waals surface area (Å²) in [4.78, 5) is 4.18. The van der Waals surface area contributed by atoms with E-state index in [1.807, 2.05) is 6.07 Å². The lowest BCUT2D eigenvalue weighted by Gasteiger charge is -2.41. The molecule has 4 rings (SSSR count). The van der Waals surface area contributed by atoms with Crippen molar-refractivity contribution in [2.24, 2.45) is 0 Å². The number of aryl methyl sites for hydroxylation is 1. The molecule has 0 aliphatic heterocycles. The summed E-state index contributed by atoms with van der Waals surface area (Å²) < 4.78 is 6.30. The molecule has 1 aliphatic rings. The van der Waals surface area contributed by atoms with Crippen molar-refractivity contribution in [3.05, 3.63) is 40.2 Å². The molecular weight excluding hydrogens is 306 g/mol. The molecule has 0 atom stereocenters. The SMILES string of the molecule is Cc1cc2c(c3oc4c(Cl)nccc4c13)C(C)(C)CCC2(C)C. The Morgan fingerprint density at radius 3 is 2.52 bits per heavy atom. The Bertz CT molecular complexity index is 949. The molecule has 2 nitrogen and oxygen atoms in total. The number of furan rings is 1. The fourth-order valence-electron chi connectivity index (χ4n) is 4.13. The van der Waals surface area contributed by atoms with Crippen molar-refractivity contribution >= 4 is 33.5 Å². The van der Waals surface area contributed by atoms with E-state index in [0.29, 0.717) is 10.7 Å². The lowest BCUT2D eigenvalue weighted by atomic mass is 9.62. The highest BCUT2D eigenvalue weighted by Crippen LogP contribution is 2.51. The molecule has 120 valence electrons. The van der Waals surface area contributed by atoms with Crippen LogP contribution in [0.25, 0.3) is 21.9 Å². The van der Waals surface area contributed by atoms with Crippen LogP contribution in [0.2, 0.25) is 5.15 Å². The van der Waals surface area contributed by atoms with Gasteiger partial charge in [0.05, 0.1) is 0 Å². The fourth-order valence-corrected chi connectivity index (χ4v) is 4.33. The van der Waals surface area contributed by atoms with E-state index in [0.717, 1.165) is 17.4 Å². The van der Waals surface area contributed by atoms with Gasteiger partial charge in [0.15, 0.2) is 10.7 Å². The van der Waals surface area contributed by atoms with Gasteiger partial charge in [-0.1, -0.05) is 45.4 Å². The van der Waals surface area contributed by atoms with Crippen LogP contribution >= 0.6 is 11.6 Å². The molecule has 23 heavy (non-hydrogen) atoms. The summed E-state index contributed by atoms with van der Waals surface area (Å²) in [6.07, 6.45) is 4.11. The summed E-state index contributed by atoms with van der Waals surface area (Å²) in [5.41, 5.74) is 6.01. The number of halogens is 1. The number of hydrogen-bond acceptors (Lipinski definition) is 2. The quantitative estimate of drug-likeness (QED) is 0.453. The maximum Gasteiger partial charge on any atom is 0.172 e. The van der Waals surface area contributed by atoms with Gasteiger partial charge in [-0.25, -0.2) is 4.98 Å². The third-order valence-electron chi connectivity index (χ3n) is 5.59. The molecule has 1 aromatic carbocycles. The standard InChI is InChI=1S/C20H22ClNO/c1-11-10-13-15(20(4,5)8-7-19(13,2)3)17-14(11)12-6-9-22-18(21)16(12)23-17/h6,9-10H,7-8H2,1-5H3. The van der Waals surface area contributed by atoms with Gasteiger partial charge in [-0.2, -0.15) is 0 Å². The maximum atomic E-state index is 6.30. The molecular formula is C20H22ClNO. The minimum atomic E-state index is 0.102. The lowest BCUT2D eigenvalue weighted by molar-refractivity contribution is 0.331. The number of nitrogens with zero attached hydrogens (tertiary/aromatic N) is 1. The van der Waals surface area contributed by atoms with Gasteiger partial charge in [0.1, 0.15) is 5.58 Å². The number of rotatable bonds is 0. The van der Waals surface area contributed by atoms with Crippen LogP contribution in [0.5, 0.6) is 0 Å². The zero-order chi connectivity index (χ0) is 16.6. The fraction of sp³-hybridized carbons (Fsp3) is 0.450. The Balaban J connectivity index is 2.25. The zero-order valence-corrected chi connectivity index (χ0v) is 15.1. The molecule has 0 amide bonds. The highest BCUT2D eigenvalue weighted by molar-refractivity contribution is 6.34. The third-order valence-corrected chi connectivity index (χ3v) is 5.86. The van der Waals surface area contributed by atoms with Gasteiger partial charge in [0, 0.05) is 22.5 Å². The summed E-state index contributed by atoms with van der Waals surface area (Å²) in [5, 5.41) is 2.70. The average molecular weight is 328 g/mol. The van der Waals surface area contributed by atoms with E-state index in [1.54, 1.807) is 6.20 Å². The second-order valence-corrected chi connectivity index (χ2v) is 8.53. The molecule has 3 heteroatoms. The number of aromatic nitrogens is 1. The molecule has 0 unspecified atom stereocenters. The predicted octanol–water partition coefficient (Wildman–Crippen LogP) is 6.29. The molecule has 0 fully saturated rings. The van der Waals surface area contributed by atoms with Crippen molar-refractivity contribution in [1.29, 1.82) is 0 Å². The Labute approximate surface area is 141 Å². The van der Waals surface area contributed by atoms with E-state index in [2.05, 4.69) is 45.7 Å². The Morgan fingerprint density at radius 1 is 1.09 bits per heavy atom. The second-order valence-electron chi connectivity index (χ2n) is 8.17. The zero-order valence-electron chi connectivity index (χ0n) is 14.4. The molecule has 0 saturated heterocycles. The van der Waals surface area contributed by atoms with Gasteiger partial charge >= 0.3 is 0 Å². The summed E-state index contributed by atoms with van der Waals surface area (Å²) in [7, 11) is 0. The molecule has 0 radical (unpaired) electrons. The monoisotopic (exact) mass is 327 g/mol. The van der Waals surface area contributed by atoms with Crippen molar-refractivity contribution in [1.82, 2.24) is 4.98 Å².